The molecular weight excluding hydrogens is 270 g/mol. The molecule has 0 spiro atoms. The van der Waals surface area contributed by atoms with Gasteiger partial charge in [-0.1, -0.05) is 13.8 Å². The Hall–Kier alpha value is -1.30. The molecule has 2 N–H and O–H groups in total. The van der Waals surface area contributed by atoms with Crippen LogP contribution in [0.25, 0.3) is 0 Å². The third kappa shape index (κ3) is 4.59. The van der Waals surface area contributed by atoms with Gasteiger partial charge in [-0.05, 0) is 45.7 Å². The Bertz CT molecular complexity index is 362. The van der Waals surface area contributed by atoms with Gasteiger partial charge in [-0.15, -0.1) is 0 Å². The first-order valence-electron chi connectivity index (χ1n) is 7.97. The molecule has 0 radical (unpaired) electrons. The second-order valence-electron chi connectivity index (χ2n) is 5.85. The lowest BCUT2D eigenvalue weighted by atomic mass is 9.89. The summed E-state index contributed by atoms with van der Waals surface area (Å²) in [4.78, 5) is 27.5. The number of likely N-dealkylation sites (N-methyl/N-ethyl adjacent to an activating group) is 1. The Morgan fingerprint density at radius 1 is 1.29 bits per heavy atom. The van der Waals surface area contributed by atoms with Crippen molar-refractivity contribution >= 4 is 12.0 Å². The van der Waals surface area contributed by atoms with Crippen LogP contribution in [0.15, 0.2) is 0 Å². The molecule has 0 aliphatic carbocycles. The molecule has 1 fully saturated rings. The van der Waals surface area contributed by atoms with Gasteiger partial charge in [0.15, 0.2) is 0 Å². The van der Waals surface area contributed by atoms with Crippen LogP contribution in [0.5, 0.6) is 0 Å². The number of nitrogens with zero attached hydrogens (tertiary/aromatic N) is 2. The minimum atomic E-state index is -1.07. The summed E-state index contributed by atoms with van der Waals surface area (Å²) in [5.41, 5.74) is -1.07. The van der Waals surface area contributed by atoms with E-state index in [0.717, 1.165) is 38.9 Å². The second kappa shape index (κ2) is 8.22. The molecular formula is C15H29N3O3. The van der Waals surface area contributed by atoms with Gasteiger partial charge in [-0.3, -0.25) is 0 Å². The van der Waals surface area contributed by atoms with E-state index in [1.165, 1.54) is 4.90 Å². The number of carboxylic acids is 1. The van der Waals surface area contributed by atoms with Crippen LogP contribution in [0.1, 0.15) is 46.5 Å². The summed E-state index contributed by atoms with van der Waals surface area (Å²) in [5, 5.41) is 12.3. The SMILES string of the molecule is CCCN(CC)CCNC(=O)N1CCCCC1(C)C(=O)O. The summed E-state index contributed by atoms with van der Waals surface area (Å²) >= 11 is 0. The summed E-state index contributed by atoms with van der Waals surface area (Å²) in [7, 11) is 0. The molecule has 0 aromatic rings. The van der Waals surface area contributed by atoms with Crippen LogP contribution in [-0.2, 0) is 4.79 Å². The molecule has 1 unspecified atom stereocenters. The van der Waals surface area contributed by atoms with Crippen LogP contribution in [0, 0.1) is 0 Å². The van der Waals surface area contributed by atoms with E-state index in [-0.39, 0.29) is 6.03 Å². The van der Waals surface area contributed by atoms with Crippen LogP contribution in [0.2, 0.25) is 0 Å². The Balaban J connectivity index is 2.51. The summed E-state index contributed by atoms with van der Waals surface area (Å²) in [5.74, 6) is -0.918. The molecule has 1 aliphatic heterocycles. The number of carboxylic acid groups (broad SMARTS) is 1. The Kier molecular flexibility index (Phi) is 6.95. The van der Waals surface area contributed by atoms with Gasteiger partial charge in [0.25, 0.3) is 0 Å². The van der Waals surface area contributed by atoms with Crippen molar-refractivity contribution in [1.29, 1.82) is 0 Å². The van der Waals surface area contributed by atoms with E-state index < -0.39 is 11.5 Å². The fourth-order valence-electron chi connectivity index (χ4n) is 2.83. The van der Waals surface area contributed by atoms with Crippen LogP contribution in [-0.4, -0.2) is 65.2 Å². The second-order valence-corrected chi connectivity index (χ2v) is 5.85. The van der Waals surface area contributed by atoms with Gasteiger partial charge in [0.2, 0.25) is 0 Å². The minimum Gasteiger partial charge on any atom is -0.480 e. The van der Waals surface area contributed by atoms with Crippen LogP contribution >= 0.6 is 0 Å². The number of carbonyl (C=O) groups excluding carboxylic acids is 1. The molecule has 122 valence electrons. The predicted molar refractivity (Wildman–Crippen MR) is 82.4 cm³/mol. The average molecular weight is 299 g/mol. The van der Waals surface area contributed by atoms with E-state index in [1.807, 2.05) is 0 Å². The largest absolute Gasteiger partial charge is 0.480 e. The first kappa shape index (κ1) is 17.8. The van der Waals surface area contributed by atoms with E-state index >= 15 is 0 Å². The normalized spacial score (nSPS) is 22.4. The number of amides is 2. The molecule has 6 nitrogen and oxygen atoms in total. The standard InChI is InChI=1S/C15H29N3O3/c1-4-10-17(5-2)12-9-16-14(21)18-11-7-6-8-15(18,3)13(19)20/h4-12H2,1-3H3,(H,16,21)(H,19,20). The van der Waals surface area contributed by atoms with Crippen molar-refractivity contribution in [3.05, 3.63) is 0 Å². The average Bonchev–Trinajstić information content (AvgIpc) is 2.46. The van der Waals surface area contributed by atoms with E-state index in [1.54, 1.807) is 6.92 Å². The molecule has 1 saturated heterocycles. The zero-order valence-corrected chi connectivity index (χ0v) is 13.5. The Morgan fingerprint density at radius 3 is 2.57 bits per heavy atom. The number of hydrogen-bond acceptors (Lipinski definition) is 3. The van der Waals surface area contributed by atoms with Crippen molar-refractivity contribution in [1.82, 2.24) is 15.1 Å². The number of hydrogen-bond donors (Lipinski definition) is 2. The molecule has 2 amide bonds. The lowest BCUT2D eigenvalue weighted by molar-refractivity contribution is -0.150. The highest BCUT2D eigenvalue weighted by Gasteiger charge is 2.43. The lowest BCUT2D eigenvalue weighted by Gasteiger charge is -2.41. The highest BCUT2D eigenvalue weighted by atomic mass is 16.4. The monoisotopic (exact) mass is 299 g/mol. The maximum atomic E-state index is 12.3. The van der Waals surface area contributed by atoms with Crippen molar-refractivity contribution in [2.45, 2.75) is 52.0 Å². The number of likely N-dealkylation sites (tertiary alicyclic amines) is 1. The fourth-order valence-corrected chi connectivity index (χ4v) is 2.83. The van der Waals surface area contributed by atoms with Crippen molar-refractivity contribution in [2.75, 3.05) is 32.7 Å². The van der Waals surface area contributed by atoms with E-state index in [0.29, 0.717) is 19.5 Å². The van der Waals surface area contributed by atoms with Gasteiger partial charge >= 0.3 is 12.0 Å². The quantitative estimate of drug-likeness (QED) is 0.751. The molecule has 21 heavy (non-hydrogen) atoms. The van der Waals surface area contributed by atoms with Gasteiger partial charge in [0.1, 0.15) is 5.54 Å². The number of urea groups is 1. The maximum Gasteiger partial charge on any atom is 0.329 e. The fraction of sp³-hybridized carbons (Fsp3) is 0.867. The zero-order valence-electron chi connectivity index (χ0n) is 13.5. The molecule has 1 atom stereocenters. The van der Waals surface area contributed by atoms with Crippen molar-refractivity contribution in [3.63, 3.8) is 0 Å². The first-order valence-corrected chi connectivity index (χ1v) is 7.97. The van der Waals surface area contributed by atoms with E-state index in [2.05, 4.69) is 24.1 Å². The number of rotatable bonds is 7. The lowest BCUT2D eigenvalue weighted by Crippen LogP contribution is -2.60. The minimum absolute atomic E-state index is 0.257. The molecule has 1 heterocycles. The van der Waals surface area contributed by atoms with Crippen LogP contribution in [0.4, 0.5) is 4.79 Å². The van der Waals surface area contributed by atoms with E-state index in [4.69, 9.17) is 0 Å². The van der Waals surface area contributed by atoms with Gasteiger partial charge in [-0.2, -0.15) is 0 Å². The molecule has 0 bridgehead atoms. The van der Waals surface area contributed by atoms with Crippen molar-refractivity contribution in [2.24, 2.45) is 0 Å². The van der Waals surface area contributed by atoms with Crippen LogP contribution < -0.4 is 5.32 Å². The molecule has 0 aromatic carbocycles. The highest BCUT2D eigenvalue weighted by Crippen LogP contribution is 2.28. The Morgan fingerprint density at radius 2 is 2.00 bits per heavy atom. The third-order valence-corrected chi connectivity index (χ3v) is 4.29. The van der Waals surface area contributed by atoms with E-state index in [9.17, 15) is 14.7 Å². The summed E-state index contributed by atoms with van der Waals surface area (Å²) in [6, 6.07) is -0.257. The van der Waals surface area contributed by atoms with Crippen LogP contribution in [0.3, 0.4) is 0 Å². The number of piperidine rings is 1. The molecule has 1 aliphatic rings. The van der Waals surface area contributed by atoms with Crippen molar-refractivity contribution in [3.8, 4) is 0 Å². The van der Waals surface area contributed by atoms with Gasteiger partial charge in [0, 0.05) is 19.6 Å². The molecule has 1 rings (SSSR count). The Labute approximate surface area is 127 Å². The number of carbonyl (C=O) groups is 2. The highest BCUT2D eigenvalue weighted by molar-refractivity contribution is 5.86. The molecule has 6 heteroatoms. The third-order valence-electron chi connectivity index (χ3n) is 4.29. The number of nitrogens with one attached hydrogen (secondary N) is 1. The van der Waals surface area contributed by atoms with Gasteiger partial charge in [-0.25, -0.2) is 9.59 Å². The van der Waals surface area contributed by atoms with Gasteiger partial charge < -0.3 is 20.2 Å². The molecule has 0 saturated carbocycles. The maximum absolute atomic E-state index is 12.3. The zero-order chi connectivity index (χ0) is 15.9. The van der Waals surface area contributed by atoms with Crippen molar-refractivity contribution < 1.29 is 14.7 Å². The summed E-state index contributed by atoms with van der Waals surface area (Å²) in [6.45, 7) is 9.72. The topological polar surface area (TPSA) is 72.9 Å². The summed E-state index contributed by atoms with van der Waals surface area (Å²) in [6.07, 6.45) is 3.33. The summed E-state index contributed by atoms with van der Waals surface area (Å²) < 4.78 is 0. The smallest absolute Gasteiger partial charge is 0.329 e. The molecule has 0 aromatic heterocycles. The predicted octanol–water partition coefficient (Wildman–Crippen LogP) is 1.76. The van der Waals surface area contributed by atoms with Gasteiger partial charge in [0.05, 0.1) is 0 Å². The first-order chi connectivity index (χ1) is 9.95. The number of aliphatic carboxylic acids is 1.